The second kappa shape index (κ2) is 10.7. The number of benzene rings is 3. The van der Waals surface area contributed by atoms with Crippen LogP contribution in [0.3, 0.4) is 0 Å². The van der Waals surface area contributed by atoms with Gasteiger partial charge in [-0.2, -0.15) is 0 Å². The molecule has 0 aliphatic heterocycles. The third-order valence-corrected chi connectivity index (χ3v) is 4.89. The summed E-state index contributed by atoms with van der Waals surface area (Å²) in [7, 11) is 0. The van der Waals surface area contributed by atoms with Gasteiger partial charge in [-0.3, -0.25) is 19.8 Å². The third-order valence-electron chi connectivity index (χ3n) is 4.89. The Morgan fingerprint density at radius 2 is 1.68 bits per heavy atom. The predicted molar refractivity (Wildman–Crippen MR) is 126 cm³/mol. The van der Waals surface area contributed by atoms with Crippen LogP contribution in [-0.2, 0) is 9.59 Å². The van der Waals surface area contributed by atoms with E-state index in [0.29, 0.717) is 11.4 Å². The quantitative estimate of drug-likeness (QED) is 0.343. The summed E-state index contributed by atoms with van der Waals surface area (Å²) in [6.45, 7) is 1.39. The van der Waals surface area contributed by atoms with Crippen molar-refractivity contribution in [2.75, 3.05) is 16.8 Å². The summed E-state index contributed by atoms with van der Waals surface area (Å²) >= 11 is 0. The van der Waals surface area contributed by atoms with Crippen LogP contribution in [0, 0.1) is 17.0 Å². The number of nitrogens with one attached hydrogen (secondary N) is 2. The topological polar surface area (TPSA) is 142 Å². The van der Waals surface area contributed by atoms with Crippen LogP contribution in [0.25, 0.3) is 0 Å². The highest BCUT2D eigenvalue weighted by Crippen LogP contribution is 2.29. The van der Waals surface area contributed by atoms with Crippen LogP contribution in [0.4, 0.5) is 21.9 Å². The molecule has 0 saturated carbocycles. The zero-order valence-corrected chi connectivity index (χ0v) is 18.2. The fraction of sp³-hybridized carbons (Fsp3) is 0.125. The number of aryl methyl sites for hydroxylation is 1. The van der Waals surface area contributed by atoms with Crippen LogP contribution in [0.1, 0.15) is 17.2 Å². The van der Waals surface area contributed by atoms with Gasteiger partial charge >= 0.3 is 12.0 Å². The Labute approximate surface area is 195 Å². The number of carboxylic acid groups (broad SMARTS) is 1. The fourth-order valence-electron chi connectivity index (χ4n) is 3.35. The van der Waals surface area contributed by atoms with E-state index in [2.05, 4.69) is 10.6 Å². The highest BCUT2D eigenvalue weighted by Gasteiger charge is 2.33. The maximum absolute atomic E-state index is 13.2. The highest BCUT2D eigenvalue weighted by atomic mass is 16.6. The molecule has 3 rings (SSSR count). The molecule has 1 unspecified atom stereocenters. The molecule has 3 aromatic carbocycles. The first-order valence-corrected chi connectivity index (χ1v) is 10.2. The zero-order valence-electron chi connectivity index (χ0n) is 18.2. The number of aliphatic carboxylic acids is 1. The van der Waals surface area contributed by atoms with Gasteiger partial charge in [0.25, 0.3) is 5.69 Å². The second-order valence-corrected chi connectivity index (χ2v) is 7.37. The Morgan fingerprint density at radius 3 is 2.26 bits per heavy atom. The van der Waals surface area contributed by atoms with Gasteiger partial charge in [0.15, 0.2) is 6.04 Å². The van der Waals surface area contributed by atoms with Gasteiger partial charge in [-0.15, -0.1) is 0 Å². The van der Waals surface area contributed by atoms with Crippen molar-refractivity contribution in [2.45, 2.75) is 13.0 Å². The molecule has 0 spiro atoms. The van der Waals surface area contributed by atoms with E-state index in [1.165, 1.54) is 24.3 Å². The van der Waals surface area contributed by atoms with Crippen molar-refractivity contribution in [1.29, 1.82) is 0 Å². The molecule has 0 saturated heterocycles. The number of carboxylic acids is 1. The van der Waals surface area contributed by atoms with E-state index in [1.54, 1.807) is 48.5 Å². The summed E-state index contributed by atoms with van der Waals surface area (Å²) in [5.41, 5.74) is 1.73. The molecule has 0 aromatic heterocycles. The number of para-hydroxylation sites is 1. The van der Waals surface area contributed by atoms with E-state index in [0.717, 1.165) is 10.5 Å². The number of rotatable bonds is 8. The van der Waals surface area contributed by atoms with Crippen molar-refractivity contribution in [1.82, 2.24) is 5.32 Å². The summed E-state index contributed by atoms with van der Waals surface area (Å²) in [5.74, 6) is -2.02. The van der Waals surface area contributed by atoms with Gasteiger partial charge in [0.1, 0.15) is 0 Å². The molecule has 34 heavy (non-hydrogen) atoms. The molecule has 10 nitrogen and oxygen atoms in total. The van der Waals surface area contributed by atoms with Gasteiger partial charge in [-0.05, 0) is 54.4 Å². The summed E-state index contributed by atoms with van der Waals surface area (Å²) < 4.78 is 0. The molecule has 0 heterocycles. The predicted octanol–water partition coefficient (Wildman–Crippen LogP) is 3.88. The molecular weight excluding hydrogens is 440 g/mol. The SMILES string of the molecule is Cc1cccc(NC(=O)NCC(=O)N(c2ccccc2)C(C(=O)O)c2ccc([N+](=O)[O-])cc2)c1. The Kier molecular flexibility index (Phi) is 7.55. The summed E-state index contributed by atoms with van der Waals surface area (Å²) in [6.07, 6.45) is 0. The van der Waals surface area contributed by atoms with Crippen molar-refractivity contribution >= 4 is 35.0 Å². The first kappa shape index (κ1) is 23.9. The Bertz CT molecular complexity index is 1200. The third kappa shape index (κ3) is 5.94. The number of carbonyl (C=O) groups is 3. The lowest BCUT2D eigenvalue weighted by molar-refractivity contribution is -0.384. The molecule has 0 bridgehead atoms. The average Bonchev–Trinajstić information content (AvgIpc) is 2.81. The number of hydrogen-bond donors (Lipinski definition) is 3. The van der Waals surface area contributed by atoms with Gasteiger partial charge < -0.3 is 15.7 Å². The van der Waals surface area contributed by atoms with E-state index in [1.807, 2.05) is 13.0 Å². The van der Waals surface area contributed by atoms with E-state index in [-0.39, 0.29) is 11.3 Å². The van der Waals surface area contributed by atoms with Gasteiger partial charge in [0.2, 0.25) is 5.91 Å². The van der Waals surface area contributed by atoms with Gasteiger partial charge in [0.05, 0.1) is 11.5 Å². The number of urea groups is 1. The van der Waals surface area contributed by atoms with Gasteiger partial charge in [-0.1, -0.05) is 30.3 Å². The summed E-state index contributed by atoms with van der Waals surface area (Å²) in [5, 5.41) is 26.0. The van der Waals surface area contributed by atoms with Crippen LogP contribution < -0.4 is 15.5 Å². The van der Waals surface area contributed by atoms with Crippen LogP contribution in [0.5, 0.6) is 0 Å². The number of nitrogens with zero attached hydrogens (tertiary/aromatic N) is 2. The fourth-order valence-corrected chi connectivity index (χ4v) is 3.35. The number of nitro benzene ring substituents is 1. The Hall–Kier alpha value is -4.73. The maximum atomic E-state index is 13.2. The van der Waals surface area contributed by atoms with E-state index in [9.17, 15) is 29.6 Å². The standard InChI is InChI=1S/C24H22N4O6/c1-16-6-5-7-18(14-16)26-24(32)25-15-21(29)27(19-8-3-2-4-9-19)22(23(30)31)17-10-12-20(13-11-17)28(33)34/h2-14,22H,15H2,1H3,(H,30,31)(H2,25,26,32). The lowest BCUT2D eigenvalue weighted by Gasteiger charge is -2.29. The highest BCUT2D eigenvalue weighted by molar-refractivity contribution is 6.02. The van der Waals surface area contributed by atoms with Crippen LogP contribution in [-0.4, -0.2) is 34.5 Å². The lowest BCUT2D eigenvalue weighted by Crippen LogP contribution is -2.45. The van der Waals surface area contributed by atoms with Crippen molar-refractivity contribution in [3.8, 4) is 0 Å². The molecule has 0 radical (unpaired) electrons. The molecule has 3 amide bonds. The molecule has 3 N–H and O–H groups in total. The molecular formula is C24H22N4O6. The van der Waals surface area contributed by atoms with Crippen LogP contribution in [0.15, 0.2) is 78.9 Å². The largest absolute Gasteiger partial charge is 0.479 e. The summed E-state index contributed by atoms with van der Waals surface area (Å²) in [6, 6.07) is 18.0. The van der Waals surface area contributed by atoms with Crippen molar-refractivity contribution < 1.29 is 24.4 Å². The van der Waals surface area contributed by atoms with Crippen LogP contribution >= 0.6 is 0 Å². The number of nitro groups is 1. The molecule has 0 aliphatic carbocycles. The summed E-state index contributed by atoms with van der Waals surface area (Å²) in [4.78, 5) is 49.1. The van der Waals surface area contributed by atoms with E-state index < -0.39 is 35.4 Å². The Morgan fingerprint density at radius 1 is 1.00 bits per heavy atom. The number of anilines is 2. The molecule has 0 fully saturated rings. The normalized spacial score (nSPS) is 11.2. The zero-order chi connectivity index (χ0) is 24.7. The minimum Gasteiger partial charge on any atom is -0.479 e. The van der Waals surface area contributed by atoms with E-state index >= 15 is 0 Å². The average molecular weight is 462 g/mol. The molecule has 1 atom stereocenters. The minimum atomic E-state index is -1.47. The Balaban J connectivity index is 1.84. The lowest BCUT2D eigenvalue weighted by atomic mass is 10.0. The smallest absolute Gasteiger partial charge is 0.331 e. The maximum Gasteiger partial charge on any atom is 0.331 e. The molecule has 0 aliphatic rings. The second-order valence-electron chi connectivity index (χ2n) is 7.37. The first-order valence-electron chi connectivity index (χ1n) is 10.2. The van der Waals surface area contributed by atoms with Crippen molar-refractivity contribution in [2.24, 2.45) is 0 Å². The number of non-ortho nitro benzene ring substituents is 1. The number of amides is 3. The molecule has 174 valence electrons. The molecule has 3 aromatic rings. The molecule has 10 heteroatoms. The van der Waals surface area contributed by atoms with E-state index in [4.69, 9.17) is 0 Å². The van der Waals surface area contributed by atoms with Crippen LogP contribution in [0.2, 0.25) is 0 Å². The van der Waals surface area contributed by atoms with Gasteiger partial charge in [-0.25, -0.2) is 9.59 Å². The van der Waals surface area contributed by atoms with Crippen molar-refractivity contribution in [3.05, 3.63) is 100 Å². The first-order chi connectivity index (χ1) is 16.3. The van der Waals surface area contributed by atoms with Crippen molar-refractivity contribution in [3.63, 3.8) is 0 Å². The minimum absolute atomic E-state index is 0.166. The monoisotopic (exact) mass is 462 g/mol. The number of hydrogen-bond acceptors (Lipinski definition) is 5. The number of carbonyl (C=O) groups excluding carboxylic acids is 2. The van der Waals surface area contributed by atoms with Gasteiger partial charge in [0, 0.05) is 23.5 Å².